The van der Waals surface area contributed by atoms with Crippen LogP contribution in [0.1, 0.15) is 47.1 Å². The lowest BCUT2D eigenvalue weighted by molar-refractivity contribution is 0.1000. The number of aromatic nitrogens is 1. The van der Waals surface area contributed by atoms with Gasteiger partial charge in [0.05, 0.1) is 12.7 Å². The van der Waals surface area contributed by atoms with Crippen LogP contribution < -0.4 is 10.5 Å². The maximum Gasteiger partial charge on any atom is 0.251 e. The van der Waals surface area contributed by atoms with Crippen LogP contribution in [-0.2, 0) is 13.0 Å². The van der Waals surface area contributed by atoms with Crippen molar-refractivity contribution in [3.05, 3.63) is 76.1 Å². The van der Waals surface area contributed by atoms with E-state index < -0.39 is 5.91 Å². The van der Waals surface area contributed by atoms with E-state index in [2.05, 4.69) is 11.5 Å². The van der Waals surface area contributed by atoms with Crippen molar-refractivity contribution in [2.45, 2.75) is 39.7 Å². The molecule has 1 heterocycles. The van der Waals surface area contributed by atoms with Crippen LogP contribution in [0.25, 0.3) is 11.1 Å². The van der Waals surface area contributed by atoms with Crippen molar-refractivity contribution in [2.75, 3.05) is 7.11 Å². The Bertz CT molecular complexity index is 1020. The third kappa shape index (κ3) is 4.33. The molecule has 2 aromatic carbocycles. The smallest absolute Gasteiger partial charge is 0.251 e. The molecule has 0 saturated heterocycles. The quantitative estimate of drug-likeness (QED) is 0.524. The Morgan fingerprint density at radius 2 is 1.93 bits per heavy atom. The zero-order valence-electron chi connectivity index (χ0n) is 17.2. The van der Waals surface area contributed by atoms with Crippen LogP contribution in [0.2, 0.25) is 5.02 Å². The highest BCUT2D eigenvalue weighted by molar-refractivity contribution is 6.30. The highest BCUT2D eigenvalue weighted by atomic mass is 35.5. The van der Waals surface area contributed by atoms with Crippen molar-refractivity contribution < 1.29 is 9.53 Å². The minimum Gasteiger partial charge on any atom is -0.496 e. The number of para-hydroxylation sites is 1. The average molecular weight is 411 g/mol. The summed E-state index contributed by atoms with van der Waals surface area (Å²) in [5.74, 6) is 0.304. The first-order chi connectivity index (χ1) is 14.0. The lowest BCUT2D eigenvalue weighted by Gasteiger charge is -2.15. The van der Waals surface area contributed by atoms with E-state index in [1.54, 1.807) is 7.11 Å². The van der Waals surface area contributed by atoms with Gasteiger partial charge >= 0.3 is 0 Å². The van der Waals surface area contributed by atoms with Crippen molar-refractivity contribution in [3.63, 3.8) is 0 Å². The molecule has 4 nitrogen and oxygen atoms in total. The number of nitrogens with zero attached hydrogens (tertiary/aromatic N) is 1. The Morgan fingerprint density at radius 1 is 1.17 bits per heavy atom. The molecular formula is C24H27ClN2O2. The van der Waals surface area contributed by atoms with Crippen molar-refractivity contribution in [1.29, 1.82) is 0 Å². The highest BCUT2D eigenvalue weighted by Crippen LogP contribution is 2.39. The Balaban J connectivity index is 2.26. The molecule has 0 spiro atoms. The Labute approximate surface area is 177 Å². The molecule has 1 aromatic heterocycles. The van der Waals surface area contributed by atoms with Gasteiger partial charge in [-0.05, 0) is 43.5 Å². The maximum absolute atomic E-state index is 12.5. The van der Waals surface area contributed by atoms with E-state index in [1.165, 1.54) is 0 Å². The van der Waals surface area contributed by atoms with Gasteiger partial charge in [0.25, 0.3) is 5.91 Å². The molecule has 3 rings (SSSR count). The van der Waals surface area contributed by atoms with Crippen LogP contribution in [0.15, 0.2) is 48.5 Å². The van der Waals surface area contributed by atoms with E-state index >= 15 is 0 Å². The summed E-state index contributed by atoms with van der Waals surface area (Å²) in [6.07, 6.45) is 2.91. The second-order valence-electron chi connectivity index (χ2n) is 7.17. The Kier molecular flexibility index (Phi) is 6.65. The second kappa shape index (κ2) is 9.19. The van der Waals surface area contributed by atoms with Gasteiger partial charge in [0.15, 0.2) is 0 Å². The number of carbonyl (C=O) groups is 1. The Morgan fingerprint density at radius 3 is 2.59 bits per heavy atom. The lowest BCUT2D eigenvalue weighted by Crippen LogP contribution is -2.13. The molecule has 29 heavy (non-hydrogen) atoms. The molecule has 152 valence electrons. The topological polar surface area (TPSA) is 57.2 Å². The van der Waals surface area contributed by atoms with E-state index in [9.17, 15) is 4.79 Å². The molecule has 0 aliphatic heterocycles. The van der Waals surface area contributed by atoms with E-state index in [0.29, 0.717) is 17.1 Å². The minimum atomic E-state index is -0.425. The molecule has 0 radical (unpaired) electrons. The first-order valence-corrected chi connectivity index (χ1v) is 10.2. The van der Waals surface area contributed by atoms with Crippen LogP contribution in [0, 0.1) is 6.92 Å². The van der Waals surface area contributed by atoms with E-state index in [-0.39, 0.29) is 0 Å². The number of halogens is 1. The monoisotopic (exact) mass is 410 g/mol. The standard InChI is InChI=1S/C24H27ClN2O2/c1-4-5-12-20-23(19-11-6-7-13-21(19)29-3)22(24(26)28)16(2)27(20)15-17-9-8-10-18(25)14-17/h6-11,13-14H,4-5,12,15H2,1-3H3,(H2,26,28). The number of benzene rings is 2. The number of hydrogen-bond donors (Lipinski definition) is 1. The number of methoxy groups -OCH3 is 1. The van der Waals surface area contributed by atoms with Gasteiger partial charge in [-0.1, -0.05) is 55.3 Å². The Hall–Kier alpha value is -2.72. The van der Waals surface area contributed by atoms with Crippen molar-refractivity contribution in [1.82, 2.24) is 4.57 Å². The number of primary amides is 1. The summed E-state index contributed by atoms with van der Waals surface area (Å²) >= 11 is 6.20. The third-order valence-electron chi connectivity index (χ3n) is 5.25. The number of unbranched alkanes of at least 4 members (excludes halogenated alkanes) is 1. The van der Waals surface area contributed by atoms with Crippen LogP contribution in [0.5, 0.6) is 5.75 Å². The van der Waals surface area contributed by atoms with Gasteiger partial charge in [0.1, 0.15) is 5.75 Å². The molecule has 0 atom stereocenters. The van der Waals surface area contributed by atoms with E-state index in [4.69, 9.17) is 22.1 Å². The first kappa shape index (κ1) is 21.0. The molecule has 5 heteroatoms. The zero-order valence-corrected chi connectivity index (χ0v) is 17.9. The van der Waals surface area contributed by atoms with E-state index in [1.807, 2.05) is 55.5 Å². The summed E-state index contributed by atoms with van der Waals surface area (Å²) in [6.45, 7) is 4.74. The number of ether oxygens (including phenoxy) is 1. The van der Waals surface area contributed by atoms with Crippen LogP contribution in [-0.4, -0.2) is 17.6 Å². The third-order valence-corrected chi connectivity index (χ3v) is 5.49. The first-order valence-electron chi connectivity index (χ1n) is 9.87. The van der Waals surface area contributed by atoms with Gasteiger partial charge in [0.2, 0.25) is 0 Å². The number of hydrogen-bond acceptors (Lipinski definition) is 2. The SMILES string of the molecule is CCCCc1c(-c2ccccc2OC)c(C(N)=O)c(C)n1Cc1cccc(Cl)c1. The normalized spacial score (nSPS) is 10.9. The fourth-order valence-electron chi connectivity index (χ4n) is 3.88. The molecule has 0 aliphatic rings. The molecule has 0 aliphatic carbocycles. The summed E-state index contributed by atoms with van der Waals surface area (Å²) in [5, 5.41) is 0.697. The van der Waals surface area contributed by atoms with Gasteiger partial charge in [-0.15, -0.1) is 0 Å². The molecule has 0 saturated carbocycles. The van der Waals surface area contributed by atoms with Gasteiger partial charge in [-0.3, -0.25) is 4.79 Å². The molecule has 1 amide bonds. The van der Waals surface area contributed by atoms with Crippen LogP contribution in [0.4, 0.5) is 0 Å². The predicted octanol–water partition coefficient (Wildman–Crippen LogP) is 5.62. The van der Waals surface area contributed by atoms with Crippen molar-refractivity contribution >= 4 is 17.5 Å². The number of amides is 1. The second-order valence-corrected chi connectivity index (χ2v) is 7.60. The van der Waals surface area contributed by atoms with Gasteiger partial charge in [0, 0.05) is 34.1 Å². The largest absolute Gasteiger partial charge is 0.496 e. The summed E-state index contributed by atoms with van der Waals surface area (Å²) in [7, 11) is 1.64. The number of carbonyl (C=O) groups excluding carboxylic acids is 1. The number of rotatable bonds is 8. The van der Waals surface area contributed by atoms with Gasteiger partial charge in [-0.25, -0.2) is 0 Å². The molecule has 0 unspecified atom stereocenters. The highest BCUT2D eigenvalue weighted by Gasteiger charge is 2.26. The fraction of sp³-hybridized carbons (Fsp3) is 0.292. The van der Waals surface area contributed by atoms with E-state index in [0.717, 1.165) is 53.1 Å². The van der Waals surface area contributed by atoms with Crippen molar-refractivity contribution in [2.24, 2.45) is 5.73 Å². The molecular weight excluding hydrogens is 384 g/mol. The van der Waals surface area contributed by atoms with Gasteiger partial charge < -0.3 is 15.0 Å². The summed E-state index contributed by atoms with van der Waals surface area (Å²) in [6, 6.07) is 15.6. The average Bonchev–Trinajstić information content (AvgIpc) is 2.98. The van der Waals surface area contributed by atoms with Crippen LogP contribution in [0.3, 0.4) is 0 Å². The van der Waals surface area contributed by atoms with Gasteiger partial charge in [-0.2, -0.15) is 0 Å². The van der Waals surface area contributed by atoms with Crippen LogP contribution >= 0.6 is 11.6 Å². The fourth-order valence-corrected chi connectivity index (χ4v) is 4.09. The summed E-state index contributed by atoms with van der Waals surface area (Å²) < 4.78 is 7.80. The molecule has 0 bridgehead atoms. The predicted molar refractivity (Wildman–Crippen MR) is 119 cm³/mol. The molecule has 2 N–H and O–H groups in total. The summed E-state index contributed by atoms with van der Waals surface area (Å²) in [4.78, 5) is 12.5. The molecule has 3 aromatic rings. The maximum atomic E-state index is 12.5. The minimum absolute atomic E-state index is 0.425. The molecule has 0 fully saturated rings. The zero-order chi connectivity index (χ0) is 21.0. The summed E-state index contributed by atoms with van der Waals surface area (Å²) in [5.41, 5.74) is 11.2. The number of nitrogens with two attached hydrogens (primary N) is 1. The lowest BCUT2D eigenvalue weighted by atomic mass is 9.97. The van der Waals surface area contributed by atoms with Crippen molar-refractivity contribution in [3.8, 4) is 16.9 Å².